The van der Waals surface area contributed by atoms with Crippen LogP contribution in [-0.4, -0.2) is 19.2 Å². The van der Waals surface area contributed by atoms with Crippen LogP contribution in [-0.2, 0) is 0 Å². The van der Waals surface area contributed by atoms with Gasteiger partial charge in [0.2, 0.25) is 0 Å². The lowest BCUT2D eigenvalue weighted by Crippen LogP contribution is -1.94. The number of aryl methyl sites for hydroxylation is 1. The van der Waals surface area contributed by atoms with E-state index >= 15 is 0 Å². The number of methoxy groups -OCH3 is 2. The molecular weight excluding hydrogens is 262 g/mol. The Labute approximate surface area is 124 Å². The van der Waals surface area contributed by atoms with Crippen LogP contribution in [0.2, 0.25) is 0 Å². The Morgan fingerprint density at radius 1 is 0.857 bits per heavy atom. The van der Waals surface area contributed by atoms with Gasteiger partial charge in [0.15, 0.2) is 0 Å². The van der Waals surface area contributed by atoms with Crippen LogP contribution in [0.15, 0.2) is 48.8 Å². The smallest absolute Gasteiger partial charge is 0.130 e. The van der Waals surface area contributed by atoms with Gasteiger partial charge in [-0.15, -0.1) is 0 Å². The summed E-state index contributed by atoms with van der Waals surface area (Å²) in [5.74, 6) is 1.59. The fraction of sp³-hybridized carbons (Fsp3) is 0.167. The van der Waals surface area contributed by atoms with Gasteiger partial charge in [-0.05, 0) is 41.6 Å². The molecule has 0 N–H and O–H groups in total. The van der Waals surface area contributed by atoms with E-state index in [0.29, 0.717) is 0 Å². The van der Waals surface area contributed by atoms with Gasteiger partial charge in [-0.25, -0.2) is 0 Å². The van der Waals surface area contributed by atoms with E-state index in [9.17, 15) is 0 Å². The first-order chi connectivity index (χ1) is 10.3. The number of aromatic nitrogens is 1. The van der Waals surface area contributed by atoms with Crippen LogP contribution in [0.25, 0.3) is 21.9 Å². The molecule has 3 aromatic rings. The maximum Gasteiger partial charge on any atom is 0.130 e. The fourth-order valence-electron chi connectivity index (χ4n) is 2.68. The summed E-state index contributed by atoms with van der Waals surface area (Å²) < 4.78 is 11.0. The summed E-state index contributed by atoms with van der Waals surface area (Å²) in [7, 11) is 3.35. The zero-order valence-corrected chi connectivity index (χ0v) is 12.4. The Kier molecular flexibility index (Phi) is 3.48. The Bertz CT molecular complexity index is 774. The molecule has 0 bridgehead atoms. The molecule has 1 aromatic heterocycles. The molecular formula is C18H17NO2. The number of nitrogens with zero attached hydrogens (tertiary/aromatic N) is 1. The van der Waals surface area contributed by atoms with Gasteiger partial charge in [-0.2, -0.15) is 0 Å². The minimum absolute atomic E-state index is 0.795. The maximum atomic E-state index is 5.52. The van der Waals surface area contributed by atoms with E-state index in [-0.39, 0.29) is 0 Å². The first-order valence-corrected chi connectivity index (χ1v) is 6.81. The lowest BCUT2D eigenvalue weighted by atomic mass is 9.95. The molecule has 3 rings (SSSR count). The van der Waals surface area contributed by atoms with Gasteiger partial charge in [-0.1, -0.05) is 18.2 Å². The van der Waals surface area contributed by atoms with Crippen molar-refractivity contribution in [1.29, 1.82) is 0 Å². The Hall–Kier alpha value is -2.55. The van der Waals surface area contributed by atoms with Crippen LogP contribution < -0.4 is 9.47 Å². The van der Waals surface area contributed by atoms with Gasteiger partial charge in [-0.3, -0.25) is 4.98 Å². The molecule has 21 heavy (non-hydrogen) atoms. The van der Waals surface area contributed by atoms with E-state index < -0.39 is 0 Å². The Balaban J connectivity index is 2.39. The SMILES string of the molecule is COc1cccc(OC)c1-c1ccc(C)c2ccncc12. The lowest BCUT2D eigenvalue weighted by Gasteiger charge is -2.15. The Morgan fingerprint density at radius 3 is 2.24 bits per heavy atom. The lowest BCUT2D eigenvalue weighted by molar-refractivity contribution is 0.397. The van der Waals surface area contributed by atoms with Crippen LogP contribution in [0.5, 0.6) is 11.5 Å². The van der Waals surface area contributed by atoms with Gasteiger partial charge in [0.1, 0.15) is 11.5 Å². The van der Waals surface area contributed by atoms with E-state index in [0.717, 1.165) is 28.0 Å². The van der Waals surface area contributed by atoms with Crippen molar-refractivity contribution in [3.05, 3.63) is 54.4 Å². The predicted molar refractivity (Wildman–Crippen MR) is 85.0 cm³/mol. The molecule has 3 nitrogen and oxygen atoms in total. The normalized spacial score (nSPS) is 10.6. The molecule has 1 heterocycles. The number of hydrogen-bond acceptors (Lipinski definition) is 3. The summed E-state index contributed by atoms with van der Waals surface area (Å²) in [4.78, 5) is 4.27. The monoisotopic (exact) mass is 279 g/mol. The molecule has 0 aliphatic rings. The predicted octanol–water partition coefficient (Wildman–Crippen LogP) is 4.23. The van der Waals surface area contributed by atoms with Crippen molar-refractivity contribution in [3.63, 3.8) is 0 Å². The van der Waals surface area contributed by atoms with E-state index in [4.69, 9.17) is 9.47 Å². The number of fused-ring (bicyclic) bond motifs is 1. The summed E-state index contributed by atoms with van der Waals surface area (Å²) in [6.45, 7) is 2.10. The zero-order valence-electron chi connectivity index (χ0n) is 12.4. The average molecular weight is 279 g/mol. The van der Waals surface area contributed by atoms with Crippen LogP contribution in [0.1, 0.15) is 5.56 Å². The molecule has 0 fully saturated rings. The van der Waals surface area contributed by atoms with E-state index in [1.807, 2.05) is 36.7 Å². The standard InChI is InChI=1S/C18H17NO2/c1-12-7-8-14(15-11-19-10-9-13(12)15)18-16(20-2)5-4-6-17(18)21-3/h4-11H,1-3H3. The molecule has 0 saturated heterocycles. The third-order valence-electron chi connectivity index (χ3n) is 3.73. The van der Waals surface area contributed by atoms with Crippen molar-refractivity contribution in [2.45, 2.75) is 6.92 Å². The van der Waals surface area contributed by atoms with Crippen LogP contribution >= 0.6 is 0 Å². The number of benzene rings is 2. The van der Waals surface area contributed by atoms with Crippen LogP contribution in [0.4, 0.5) is 0 Å². The molecule has 0 aliphatic carbocycles. The third-order valence-corrected chi connectivity index (χ3v) is 3.73. The summed E-state index contributed by atoms with van der Waals surface area (Å²) >= 11 is 0. The zero-order chi connectivity index (χ0) is 14.8. The van der Waals surface area contributed by atoms with Crippen molar-refractivity contribution in [3.8, 4) is 22.6 Å². The second kappa shape index (κ2) is 5.44. The highest BCUT2D eigenvalue weighted by atomic mass is 16.5. The van der Waals surface area contributed by atoms with Crippen LogP contribution in [0.3, 0.4) is 0 Å². The fourth-order valence-corrected chi connectivity index (χ4v) is 2.68. The molecule has 0 atom stereocenters. The number of pyridine rings is 1. The van der Waals surface area contributed by atoms with Crippen molar-refractivity contribution in [1.82, 2.24) is 4.98 Å². The van der Waals surface area contributed by atoms with E-state index in [1.54, 1.807) is 14.2 Å². The van der Waals surface area contributed by atoms with Gasteiger partial charge in [0.05, 0.1) is 19.8 Å². The molecule has 0 unspecified atom stereocenters. The minimum atomic E-state index is 0.795. The number of ether oxygens (including phenoxy) is 2. The first-order valence-electron chi connectivity index (χ1n) is 6.81. The van der Waals surface area contributed by atoms with Crippen molar-refractivity contribution in [2.24, 2.45) is 0 Å². The van der Waals surface area contributed by atoms with Gasteiger partial charge in [0.25, 0.3) is 0 Å². The summed E-state index contributed by atoms with van der Waals surface area (Å²) in [6.07, 6.45) is 3.71. The highest BCUT2D eigenvalue weighted by Crippen LogP contribution is 2.41. The van der Waals surface area contributed by atoms with Crippen molar-refractivity contribution >= 4 is 10.8 Å². The van der Waals surface area contributed by atoms with Crippen LogP contribution in [0, 0.1) is 6.92 Å². The quantitative estimate of drug-likeness (QED) is 0.719. The highest BCUT2D eigenvalue weighted by molar-refractivity contribution is 6.00. The van der Waals surface area contributed by atoms with Gasteiger partial charge < -0.3 is 9.47 Å². The second-order valence-electron chi connectivity index (χ2n) is 4.89. The van der Waals surface area contributed by atoms with Crippen molar-refractivity contribution < 1.29 is 9.47 Å². The molecule has 2 aromatic carbocycles. The van der Waals surface area contributed by atoms with Crippen molar-refractivity contribution in [2.75, 3.05) is 14.2 Å². The molecule has 0 aliphatic heterocycles. The highest BCUT2D eigenvalue weighted by Gasteiger charge is 2.15. The topological polar surface area (TPSA) is 31.4 Å². The average Bonchev–Trinajstić information content (AvgIpc) is 2.55. The maximum absolute atomic E-state index is 5.52. The second-order valence-corrected chi connectivity index (χ2v) is 4.89. The largest absolute Gasteiger partial charge is 0.496 e. The number of rotatable bonds is 3. The summed E-state index contributed by atoms with van der Waals surface area (Å²) in [6, 6.07) is 12.1. The van der Waals surface area contributed by atoms with Gasteiger partial charge >= 0.3 is 0 Å². The first kappa shape index (κ1) is 13.4. The van der Waals surface area contributed by atoms with E-state index in [2.05, 4.69) is 24.0 Å². The summed E-state index contributed by atoms with van der Waals surface area (Å²) in [5, 5.41) is 2.29. The Morgan fingerprint density at radius 2 is 1.57 bits per heavy atom. The molecule has 3 heteroatoms. The molecule has 0 spiro atoms. The van der Waals surface area contributed by atoms with E-state index in [1.165, 1.54) is 10.9 Å². The summed E-state index contributed by atoms with van der Waals surface area (Å²) in [5.41, 5.74) is 3.25. The van der Waals surface area contributed by atoms with Gasteiger partial charge in [0, 0.05) is 17.8 Å². The number of hydrogen-bond donors (Lipinski definition) is 0. The molecule has 0 radical (unpaired) electrons. The molecule has 0 saturated carbocycles. The molecule has 106 valence electrons. The third kappa shape index (κ3) is 2.21. The minimum Gasteiger partial charge on any atom is -0.496 e. The molecule has 0 amide bonds.